The number of rotatable bonds is 6. The molecule has 4 aromatic rings. The summed E-state index contributed by atoms with van der Waals surface area (Å²) in [6.07, 6.45) is 7.39. The fourth-order valence-electron chi connectivity index (χ4n) is 3.23. The van der Waals surface area contributed by atoms with Gasteiger partial charge in [-0.1, -0.05) is 19.1 Å². The van der Waals surface area contributed by atoms with Gasteiger partial charge >= 0.3 is 0 Å². The Balaban J connectivity index is 1.68. The number of aromatic nitrogens is 5. The second kappa shape index (κ2) is 8.82. The first kappa shape index (κ1) is 19.7. The normalized spacial score (nSPS) is 12.0. The van der Waals surface area contributed by atoms with Crippen molar-refractivity contribution < 1.29 is 8.78 Å². The van der Waals surface area contributed by atoms with Crippen LogP contribution in [0.15, 0.2) is 67.3 Å². The SMILES string of the molecule is C[C@H](Cc1nc(Cc2cnccn2)cc(-c2ccnc(F)c2)n1)c1ccc(F)cc1. The summed E-state index contributed by atoms with van der Waals surface area (Å²) in [4.78, 5) is 21.4. The zero-order chi connectivity index (χ0) is 20.9. The van der Waals surface area contributed by atoms with Crippen molar-refractivity contribution in [2.45, 2.75) is 25.7 Å². The van der Waals surface area contributed by atoms with Crippen LogP contribution in [0.3, 0.4) is 0 Å². The molecule has 7 heteroatoms. The van der Waals surface area contributed by atoms with Crippen LogP contribution in [0.2, 0.25) is 0 Å². The predicted molar refractivity (Wildman–Crippen MR) is 109 cm³/mol. The Morgan fingerprint density at radius 3 is 2.43 bits per heavy atom. The van der Waals surface area contributed by atoms with Gasteiger partial charge < -0.3 is 0 Å². The summed E-state index contributed by atoms with van der Waals surface area (Å²) in [6, 6.07) is 11.3. The van der Waals surface area contributed by atoms with Crippen LogP contribution in [0, 0.1) is 11.8 Å². The van der Waals surface area contributed by atoms with E-state index in [4.69, 9.17) is 4.98 Å². The average Bonchev–Trinajstić information content (AvgIpc) is 2.75. The Kier molecular flexibility index (Phi) is 5.79. The molecular weight excluding hydrogens is 384 g/mol. The van der Waals surface area contributed by atoms with Crippen molar-refractivity contribution in [2.24, 2.45) is 0 Å². The highest BCUT2D eigenvalue weighted by Gasteiger charge is 2.13. The molecule has 0 bridgehead atoms. The lowest BCUT2D eigenvalue weighted by Gasteiger charge is -2.13. The molecule has 1 atom stereocenters. The lowest BCUT2D eigenvalue weighted by molar-refractivity contribution is 0.584. The van der Waals surface area contributed by atoms with E-state index in [9.17, 15) is 8.78 Å². The van der Waals surface area contributed by atoms with Crippen LogP contribution in [-0.4, -0.2) is 24.9 Å². The first-order valence-corrected chi connectivity index (χ1v) is 9.56. The molecule has 0 unspecified atom stereocenters. The molecule has 0 fully saturated rings. The summed E-state index contributed by atoms with van der Waals surface area (Å²) in [5, 5.41) is 0. The maximum atomic E-state index is 13.7. The first-order valence-electron chi connectivity index (χ1n) is 9.56. The van der Waals surface area contributed by atoms with E-state index in [-0.39, 0.29) is 11.7 Å². The Bertz CT molecular complexity index is 1130. The quantitative estimate of drug-likeness (QED) is 0.442. The van der Waals surface area contributed by atoms with Gasteiger partial charge in [-0.15, -0.1) is 0 Å². The Morgan fingerprint density at radius 2 is 1.70 bits per heavy atom. The van der Waals surface area contributed by atoms with E-state index in [1.54, 1.807) is 36.8 Å². The third kappa shape index (κ3) is 4.86. The minimum Gasteiger partial charge on any atom is -0.261 e. The fourth-order valence-corrected chi connectivity index (χ4v) is 3.23. The van der Waals surface area contributed by atoms with E-state index in [1.807, 2.05) is 13.0 Å². The van der Waals surface area contributed by atoms with Crippen LogP contribution < -0.4 is 0 Å². The maximum absolute atomic E-state index is 13.7. The molecule has 0 saturated carbocycles. The third-order valence-corrected chi connectivity index (χ3v) is 4.75. The van der Waals surface area contributed by atoms with Gasteiger partial charge in [0.25, 0.3) is 0 Å². The highest BCUT2D eigenvalue weighted by atomic mass is 19.1. The minimum atomic E-state index is -0.567. The van der Waals surface area contributed by atoms with Crippen molar-refractivity contribution in [3.63, 3.8) is 0 Å². The highest BCUT2D eigenvalue weighted by Crippen LogP contribution is 2.23. The molecule has 0 aliphatic rings. The van der Waals surface area contributed by atoms with Gasteiger partial charge in [-0.2, -0.15) is 4.39 Å². The van der Waals surface area contributed by atoms with Crippen LogP contribution >= 0.6 is 0 Å². The molecule has 0 radical (unpaired) electrons. The van der Waals surface area contributed by atoms with E-state index >= 15 is 0 Å². The zero-order valence-corrected chi connectivity index (χ0v) is 16.3. The molecule has 5 nitrogen and oxygen atoms in total. The largest absolute Gasteiger partial charge is 0.261 e. The van der Waals surface area contributed by atoms with Crippen molar-refractivity contribution in [1.82, 2.24) is 24.9 Å². The molecule has 0 saturated heterocycles. The molecule has 0 aliphatic heterocycles. The van der Waals surface area contributed by atoms with Crippen molar-refractivity contribution in [1.29, 1.82) is 0 Å². The van der Waals surface area contributed by atoms with Crippen molar-refractivity contribution in [3.05, 3.63) is 102 Å². The third-order valence-electron chi connectivity index (χ3n) is 4.75. The number of hydrogen-bond donors (Lipinski definition) is 0. The number of halogens is 2. The van der Waals surface area contributed by atoms with E-state index < -0.39 is 5.95 Å². The van der Waals surface area contributed by atoms with Gasteiger partial charge in [0.1, 0.15) is 11.6 Å². The molecule has 3 aromatic heterocycles. The van der Waals surface area contributed by atoms with E-state index in [2.05, 4.69) is 19.9 Å². The van der Waals surface area contributed by atoms with Crippen LogP contribution in [0.4, 0.5) is 8.78 Å². The molecular formula is C23H19F2N5. The molecule has 150 valence electrons. The summed E-state index contributed by atoms with van der Waals surface area (Å²) >= 11 is 0. The fraction of sp³-hybridized carbons (Fsp3) is 0.174. The van der Waals surface area contributed by atoms with Crippen molar-refractivity contribution in [3.8, 4) is 11.3 Å². The van der Waals surface area contributed by atoms with Gasteiger partial charge in [0, 0.05) is 49.3 Å². The van der Waals surface area contributed by atoms with Gasteiger partial charge in [0.15, 0.2) is 0 Å². The van der Waals surface area contributed by atoms with Crippen LogP contribution in [0.25, 0.3) is 11.3 Å². The average molecular weight is 403 g/mol. The molecule has 0 amide bonds. The summed E-state index contributed by atoms with van der Waals surface area (Å²) in [5.41, 5.74) is 3.78. The number of nitrogens with zero attached hydrogens (tertiary/aromatic N) is 5. The summed E-state index contributed by atoms with van der Waals surface area (Å²) in [7, 11) is 0. The van der Waals surface area contributed by atoms with Crippen molar-refractivity contribution in [2.75, 3.05) is 0 Å². The monoisotopic (exact) mass is 403 g/mol. The zero-order valence-electron chi connectivity index (χ0n) is 16.3. The molecule has 0 aliphatic carbocycles. The second-order valence-corrected chi connectivity index (χ2v) is 7.06. The van der Waals surface area contributed by atoms with E-state index in [1.165, 1.54) is 24.4 Å². The topological polar surface area (TPSA) is 64.5 Å². The minimum absolute atomic E-state index is 0.0828. The first-order chi connectivity index (χ1) is 14.6. The van der Waals surface area contributed by atoms with Crippen LogP contribution in [-0.2, 0) is 12.8 Å². The highest BCUT2D eigenvalue weighted by molar-refractivity contribution is 5.58. The lowest BCUT2D eigenvalue weighted by Crippen LogP contribution is -2.07. The van der Waals surface area contributed by atoms with Crippen LogP contribution in [0.1, 0.15) is 35.6 Å². The van der Waals surface area contributed by atoms with Gasteiger partial charge in [0.05, 0.1) is 17.1 Å². The van der Waals surface area contributed by atoms with Gasteiger partial charge in [-0.05, 0) is 35.7 Å². The molecule has 0 N–H and O–H groups in total. The molecule has 0 spiro atoms. The molecule has 3 heterocycles. The second-order valence-electron chi connectivity index (χ2n) is 7.06. The maximum Gasteiger partial charge on any atom is 0.213 e. The predicted octanol–water partition coefficient (Wildman–Crippen LogP) is 4.54. The Labute approximate surface area is 172 Å². The number of pyridine rings is 1. The standard InChI is InChI=1S/C23H19F2N5/c1-15(16-2-4-18(24)5-3-16)10-23-29-19(12-20-14-26-8-9-27-20)13-21(30-23)17-6-7-28-22(25)11-17/h2-9,11,13-15H,10,12H2,1H3/t15-/m1/s1. The molecule has 1 aromatic carbocycles. The summed E-state index contributed by atoms with van der Waals surface area (Å²) in [6.45, 7) is 2.04. The summed E-state index contributed by atoms with van der Waals surface area (Å²) < 4.78 is 26.9. The smallest absolute Gasteiger partial charge is 0.213 e. The van der Waals surface area contributed by atoms with E-state index in [0.29, 0.717) is 29.9 Å². The molecule has 30 heavy (non-hydrogen) atoms. The lowest BCUT2D eigenvalue weighted by atomic mass is 9.97. The van der Waals surface area contributed by atoms with Crippen LogP contribution in [0.5, 0.6) is 0 Å². The Morgan fingerprint density at radius 1 is 0.867 bits per heavy atom. The van der Waals surface area contributed by atoms with Crippen molar-refractivity contribution >= 4 is 0 Å². The van der Waals surface area contributed by atoms with Gasteiger partial charge in [0.2, 0.25) is 5.95 Å². The number of benzene rings is 1. The van der Waals surface area contributed by atoms with Gasteiger partial charge in [-0.3, -0.25) is 9.97 Å². The Hall–Kier alpha value is -3.61. The van der Waals surface area contributed by atoms with E-state index in [0.717, 1.165) is 17.0 Å². The number of hydrogen-bond acceptors (Lipinski definition) is 5. The summed E-state index contributed by atoms with van der Waals surface area (Å²) in [5.74, 6) is -0.127. The van der Waals surface area contributed by atoms with Gasteiger partial charge in [-0.25, -0.2) is 19.3 Å². The molecule has 4 rings (SSSR count).